The van der Waals surface area contributed by atoms with Crippen LogP contribution in [0.1, 0.15) is 27.0 Å². The number of anilines is 1. The van der Waals surface area contributed by atoms with Gasteiger partial charge in [0.1, 0.15) is 0 Å². The molecule has 3 nitrogen and oxygen atoms in total. The SMILES string of the molecule is COC(=O)c1cccc(NCc2cccc(C)c2)c1C. The Kier molecular flexibility index (Phi) is 4.41. The number of carbonyl (C=O) groups excluding carboxylic acids is 1. The molecule has 0 aliphatic rings. The number of ether oxygens (including phenoxy) is 1. The highest BCUT2D eigenvalue weighted by Crippen LogP contribution is 2.20. The molecule has 0 fully saturated rings. The van der Waals surface area contributed by atoms with Crippen molar-refractivity contribution in [3.63, 3.8) is 0 Å². The maximum Gasteiger partial charge on any atom is 0.338 e. The third-order valence-corrected chi connectivity index (χ3v) is 3.30. The molecule has 2 aromatic rings. The van der Waals surface area contributed by atoms with Gasteiger partial charge in [-0.15, -0.1) is 0 Å². The van der Waals surface area contributed by atoms with Gasteiger partial charge in [-0.3, -0.25) is 0 Å². The summed E-state index contributed by atoms with van der Waals surface area (Å²) in [6.45, 7) is 4.73. The summed E-state index contributed by atoms with van der Waals surface area (Å²) in [6, 6.07) is 14.0. The van der Waals surface area contributed by atoms with Crippen LogP contribution < -0.4 is 5.32 Å². The highest BCUT2D eigenvalue weighted by molar-refractivity contribution is 5.92. The molecule has 0 heterocycles. The summed E-state index contributed by atoms with van der Waals surface area (Å²) in [4.78, 5) is 11.7. The quantitative estimate of drug-likeness (QED) is 0.860. The minimum absolute atomic E-state index is 0.304. The van der Waals surface area contributed by atoms with E-state index in [-0.39, 0.29) is 5.97 Å². The van der Waals surface area contributed by atoms with Crippen LogP contribution in [-0.2, 0) is 11.3 Å². The van der Waals surface area contributed by atoms with Gasteiger partial charge in [-0.2, -0.15) is 0 Å². The number of rotatable bonds is 4. The summed E-state index contributed by atoms with van der Waals surface area (Å²) in [5, 5.41) is 3.37. The van der Waals surface area contributed by atoms with Gasteiger partial charge in [0.15, 0.2) is 0 Å². The van der Waals surface area contributed by atoms with Crippen molar-refractivity contribution in [1.29, 1.82) is 0 Å². The van der Waals surface area contributed by atoms with Crippen LogP contribution in [0.5, 0.6) is 0 Å². The van der Waals surface area contributed by atoms with Crippen molar-refractivity contribution >= 4 is 11.7 Å². The largest absolute Gasteiger partial charge is 0.465 e. The first kappa shape index (κ1) is 14.1. The summed E-state index contributed by atoms with van der Waals surface area (Å²) < 4.78 is 4.78. The summed E-state index contributed by atoms with van der Waals surface area (Å²) in [5.41, 5.74) is 4.92. The zero-order chi connectivity index (χ0) is 14.5. The molecule has 0 amide bonds. The third-order valence-electron chi connectivity index (χ3n) is 3.30. The van der Waals surface area contributed by atoms with E-state index in [0.717, 1.165) is 17.8 Å². The van der Waals surface area contributed by atoms with E-state index < -0.39 is 0 Å². The second-order valence-electron chi connectivity index (χ2n) is 4.81. The van der Waals surface area contributed by atoms with Gasteiger partial charge in [0, 0.05) is 12.2 Å². The number of methoxy groups -OCH3 is 1. The average Bonchev–Trinajstić information content (AvgIpc) is 2.45. The summed E-state index contributed by atoms with van der Waals surface area (Å²) >= 11 is 0. The third kappa shape index (κ3) is 3.18. The minimum atomic E-state index is -0.304. The maximum atomic E-state index is 11.7. The van der Waals surface area contributed by atoms with Crippen LogP contribution in [0, 0.1) is 13.8 Å². The van der Waals surface area contributed by atoms with E-state index in [4.69, 9.17) is 4.74 Å². The van der Waals surface area contributed by atoms with Crippen LogP contribution in [0.3, 0.4) is 0 Å². The second-order valence-corrected chi connectivity index (χ2v) is 4.81. The molecule has 0 aliphatic heterocycles. The fourth-order valence-corrected chi connectivity index (χ4v) is 2.18. The van der Waals surface area contributed by atoms with Crippen LogP contribution in [-0.4, -0.2) is 13.1 Å². The Morgan fingerprint density at radius 3 is 2.60 bits per heavy atom. The Hall–Kier alpha value is -2.29. The highest BCUT2D eigenvalue weighted by atomic mass is 16.5. The van der Waals surface area contributed by atoms with Crippen LogP contribution >= 0.6 is 0 Å². The fourth-order valence-electron chi connectivity index (χ4n) is 2.18. The molecule has 2 rings (SSSR count). The summed E-state index contributed by atoms with van der Waals surface area (Å²) in [7, 11) is 1.40. The molecule has 20 heavy (non-hydrogen) atoms. The Morgan fingerprint density at radius 2 is 1.90 bits per heavy atom. The molecule has 0 radical (unpaired) electrons. The molecule has 0 atom stereocenters. The molecule has 104 valence electrons. The molecular formula is C17H19NO2. The van der Waals surface area contributed by atoms with Gasteiger partial charge in [-0.25, -0.2) is 4.79 Å². The number of aryl methyl sites for hydroxylation is 1. The predicted molar refractivity (Wildman–Crippen MR) is 81.0 cm³/mol. The fraction of sp³-hybridized carbons (Fsp3) is 0.235. The summed E-state index contributed by atoms with van der Waals surface area (Å²) in [5.74, 6) is -0.304. The zero-order valence-electron chi connectivity index (χ0n) is 12.1. The van der Waals surface area contributed by atoms with Crippen molar-refractivity contribution in [3.05, 3.63) is 64.7 Å². The smallest absolute Gasteiger partial charge is 0.338 e. The Balaban J connectivity index is 2.16. The lowest BCUT2D eigenvalue weighted by atomic mass is 10.1. The van der Waals surface area contributed by atoms with Gasteiger partial charge in [0.05, 0.1) is 12.7 Å². The minimum Gasteiger partial charge on any atom is -0.465 e. The molecule has 0 aliphatic carbocycles. The lowest BCUT2D eigenvalue weighted by molar-refractivity contribution is 0.0600. The van der Waals surface area contributed by atoms with Crippen molar-refractivity contribution in [2.24, 2.45) is 0 Å². The topological polar surface area (TPSA) is 38.3 Å². The molecule has 1 N–H and O–H groups in total. The number of nitrogens with one attached hydrogen (secondary N) is 1. The van der Waals surface area contributed by atoms with Crippen LogP contribution in [0.2, 0.25) is 0 Å². The molecular weight excluding hydrogens is 250 g/mol. The van der Waals surface area contributed by atoms with Gasteiger partial charge in [-0.1, -0.05) is 35.9 Å². The van der Waals surface area contributed by atoms with Gasteiger partial charge < -0.3 is 10.1 Å². The Morgan fingerprint density at radius 1 is 1.15 bits per heavy atom. The standard InChI is InChI=1S/C17H19NO2/c1-12-6-4-7-14(10-12)11-18-16-9-5-8-15(13(16)2)17(19)20-3/h4-10,18H,11H2,1-3H3. The van der Waals surface area contributed by atoms with Crippen molar-refractivity contribution in [2.75, 3.05) is 12.4 Å². The van der Waals surface area contributed by atoms with E-state index >= 15 is 0 Å². The van der Waals surface area contributed by atoms with Gasteiger partial charge >= 0.3 is 5.97 Å². The van der Waals surface area contributed by atoms with Crippen LogP contribution in [0.25, 0.3) is 0 Å². The van der Waals surface area contributed by atoms with E-state index in [1.807, 2.05) is 25.1 Å². The molecule has 0 unspecified atom stereocenters. The van der Waals surface area contributed by atoms with Crippen molar-refractivity contribution in [3.8, 4) is 0 Å². The second kappa shape index (κ2) is 6.24. The first-order valence-corrected chi connectivity index (χ1v) is 6.59. The zero-order valence-corrected chi connectivity index (χ0v) is 12.1. The molecule has 0 spiro atoms. The predicted octanol–water partition coefficient (Wildman–Crippen LogP) is 3.70. The first-order valence-electron chi connectivity index (χ1n) is 6.59. The monoisotopic (exact) mass is 269 g/mol. The van der Waals surface area contributed by atoms with Crippen molar-refractivity contribution in [2.45, 2.75) is 20.4 Å². The highest BCUT2D eigenvalue weighted by Gasteiger charge is 2.11. The molecule has 2 aromatic carbocycles. The lowest BCUT2D eigenvalue weighted by Gasteiger charge is -2.12. The molecule has 0 aromatic heterocycles. The van der Waals surface area contributed by atoms with Crippen molar-refractivity contribution < 1.29 is 9.53 Å². The van der Waals surface area contributed by atoms with Gasteiger partial charge in [-0.05, 0) is 37.1 Å². The number of hydrogen-bond donors (Lipinski definition) is 1. The molecule has 3 heteroatoms. The summed E-state index contributed by atoms with van der Waals surface area (Å²) in [6.07, 6.45) is 0. The van der Waals surface area contributed by atoms with E-state index in [2.05, 4.69) is 30.4 Å². The number of esters is 1. The number of hydrogen-bond acceptors (Lipinski definition) is 3. The first-order chi connectivity index (χ1) is 9.61. The van der Waals surface area contributed by atoms with Gasteiger partial charge in [0.25, 0.3) is 0 Å². The maximum absolute atomic E-state index is 11.7. The number of carbonyl (C=O) groups is 1. The van der Waals surface area contributed by atoms with Crippen LogP contribution in [0.15, 0.2) is 42.5 Å². The Bertz CT molecular complexity index is 620. The lowest BCUT2D eigenvalue weighted by Crippen LogP contribution is -2.07. The van der Waals surface area contributed by atoms with E-state index in [9.17, 15) is 4.79 Å². The molecule has 0 bridgehead atoms. The van der Waals surface area contributed by atoms with Crippen LogP contribution in [0.4, 0.5) is 5.69 Å². The average molecular weight is 269 g/mol. The molecule has 0 saturated heterocycles. The van der Waals surface area contributed by atoms with Crippen molar-refractivity contribution in [1.82, 2.24) is 0 Å². The normalized spacial score (nSPS) is 10.2. The van der Waals surface area contributed by atoms with E-state index in [0.29, 0.717) is 5.56 Å². The van der Waals surface area contributed by atoms with E-state index in [1.54, 1.807) is 6.07 Å². The van der Waals surface area contributed by atoms with Gasteiger partial charge in [0.2, 0.25) is 0 Å². The molecule has 0 saturated carbocycles. The van der Waals surface area contributed by atoms with E-state index in [1.165, 1.54) is 18.2 Å². The Labute approximate surface area is 119 Å². The number of benzene rings is 2.